The van der Waals surface area contributed by atoms with Crippen LogP contribution in [0.5, 0.6) is 46.0 Å². The maximum atomic E-state index is 6.76. The van der Waals surface area contributed by atoms with Gasteiger partial charge in [0.15, 0.2) is 23.0 Å². The number of hydrogen-bond donors (Lipinski definition) is 0. The van der Waals surface area contributed by atoms with Gasteiger partial charge in [-0.3, -0.25) is 0 Å². The molecule has 0 bridgehead atoms. The summed E-state index contributed by atoms with van der Waals surface area (Å²) in [6, 6.07) is 59.5. The van der Waals surface area contributed by atoms with Crippen molar-refractivity contribution in [1.82, 2.24) is 0 Å². The fraction of sp³-hybridized carbons (Fsp3) is 0.111. The lowest BCUT2D eigenvalue weighted by Crippen LogP contribution is -2.26. The summed E-state index contributed by atoms with van der Waals surface area (Å²) in [6.45, 7) is 8.55. The number of hydrogen-bond acceptors (Lipinski definition) is 6. The smallest absolute Gasteiger partial charge is 0.231 e. The molecule has 0 N–H and O–H groups in total. The van der Waals surface area contributed by atoms with Crippen molar-refractivity contribution >= 4 is 47.7 Å². The first-order valence-electron chi connectivity index (χ1n) is 20.6. The average molecular weight is 851 g/mol. The predicted octanol–water partition coefficient (Wildman–Crippen LogP) is 11.1. The third kappa shape index (κ3) is 7.77. The van der Waals surface area contributed by atoms with Gasteiger partial charge >= 0.3 is 0 Å². The van der Waals surface area contributed by atoms with Crippen molar-refractivity contribution in [2.75, 3.05) is 13.6 Å². The van der Waals surface area contributed by atoms with E-state index < -0.39 is 15.8 Å². The number of para-hydroxylation sites is 2. The Balaban J connectivity index is 1.33. The summed E-state index contributed by atoms with van der Waals surface area (Å²) in [5.41, 5.74) is 6.50. The number of fused-ring (bicyclic) bond motifs is 2. The van der Waals surface area contributed by atoms with Crippen LogP contribution in [0.1, 0.15) is 22.3 Å². The zero-order chi connectivity index (χ0) is 42.2. The lowest BCUT2D eigenvalue weighted by Gasteiger charge is -2.29. The van der Waals surface area contributed by atoms with Crippen LogP contribution in [0.4, 0.5) is 0 Å². The first-order valence-corrected chi connectivity index (χ1v) is 23.3. The molecule has 0 unspecified atom stereocenters. The van der Waals surface area contributed by atoms with Crippen LogP contribution in [-0.2, 0) is 0 Å². The maximum absolute atomic E-state index is 6.76. The van der Waals surface area contributed by atoms with Gasteiger partial charge in [0.2, 0.25) is 25.1 Å². The van der Waals surface area contributed by atoms with Crippen LogP contribution in [0, 0.1) is 27.7 Å². The molecule has 8 heteroatoms. The first-order chi connectivity index (χ1) is 30.4. The molecule has 0 aromatic heterocycles. The molecule has 0 saturated heterocycles. The normalized spacial score (nSPS) is 12.5. The Labute approximate surface area is 365 Å². The molecule has 306 valence electrons. The molecule has 0 fully saturated rings. The van der Waals surface area contributed by atoms with Crippen molar-refractivity contribution < 1.29 is 28.4 Å². The summed E-state index contributed by atoms with van der Waals surface area (Å²) in [4.78, 5) is 0. The van der Waals surface area contributed by atoms with Gasteiger partial charge in [-0.05, 0) is 101 Å². The van der Waals surface area contributed by atoms with Crippen molar-refractivity contribution in [3.05, 3.63) is 192 Å². The molecule has 0 aliphatic carbocycles. The van der Waals surface area contributed by atoms with Gasteiger partial charge in [-0.15, -0.1) is 0 Å². The summed E-state index contributed by atoms with van der Waals surface area (Å²) in [6.07, 6.45) is 0. The number of aryl methyl sites for hydroxylation is 4. The van der Waals surface area contributed by atoms with E-state index in [9.17, 15) is 0 Å². The standard InChI is InChI=1S/C54H44O6P2/c1-35-15-23-41(24-16-35)61(42-25-17-36(2)18-26-42)47-31-45(59-39-11-7-5-8-12-39)51-53(57-33-55-51)49(47)50-48(32-46(52-54(50)58-34-56-52)60-40-13-9-6-10-14-40)62(43-27-19-37(3)20-28-43)44-29-21-38(4)22-30-44/h5-32H,33-34H2,1-4H3. The van der Waals surface area contributed by atoms with Gasteiger partial charge in [-0.1, -0.05) is 156 Å². The van der Waals surface area contributed by atoms with E-state index in [2.05, 4.69) is 137 Å². The van der Waals surface area contributed by atoms with Crippen molar-refractivity contribution in [2.45, 2.75) is 27.7 Å². The zero-order valence-electron chi connectivity index (χ0n) is 34.9. The van der Waals surface area contributed by atoms with E-state index in [-0.39, 0.29) is 13.6 Å². The lowest BCUT2D eigenvalue weighted by atomic mass is 10.0. The van der Waals surface area contributed by atoms with Gasteiger partial charge in [-0.25, -0.2) is 0 Å². The molecule has 2 aliphatic rings. The molecule has 2 heterocycles. The van der Waals surface area contributed by atoms with E-state index in [1.54, 1.807) is 0 Å². The monoisotopic (exact) mass is 850 g/mol. The van der Waals surface area contributed by atoms with Crippen LogP contribution in [0.25, 0.3) is 11.1 Å². The molecule has 2 aliphatic heterocycles. The molecule has 0 spiro atoms. The Morgan fingerprint density at radius 1 is 0.355 bits per heavy atom. The minimum Gasteiger partial charge on any atom is -0.453 e. The van der Waals surface area contributed by atoms with Crippen molar-refractivity contribution in [3.8, 4) is 57.1 Å². The van der Waals surface area contributed by atoms with Gasteiger partial charge in [-0.2, -0.15) is 0 Å². The second-order valence-corrected chi connectivity index (χ2v) is 19.9. The molecule has 0 atom stereocenters. The number of rotatable bonds is 11. The van der Waals surface area contributed by atoms with E-state index in [0.29, 0.717) is 46.0 Å². The summed E-state index contributed by atoms with van der Waals surface area (Å²) in [5.74, 6) is 4.81. The Bertz CT molecular complexity index is 2570. The summed E-state index contributed by atoms with van der Waals surface area (Å²) in [5, 5.41) is 6.78. The molecule has 8 aromatic rings. The highest BCUT2D eigenvalue weighted by Gasteiger charge is 2.39. The van der Waals surface area contributed by atoms with Crippen LogP contribution in [0.15, 0.2) is 170 Å². The molecule has 8 aromatic carbocycles. The van der Waals surface area contributed by atoms with Crippen molar-refractivity contribution in [1.29, 1.82) is 0 Å². The van der Waals surface area contributed by atoms with Crippen LogP contribution in [-0.4, -0.2) is 13.6 Å². The Morgan fingerprint density at radius 2 is 0.645 bits per heavy atom. The van der Waals surface area contributed by atoms with E-state index in [1.807, 2.05) is 60.7 Å². The fourth-order valence-corrected chi connectivity index (χ4v) is 12.8. The highest BCUT2D eigenvalue weighted by molar-refractivity contribution is 7.80. The zero-order valence-corrected chi connectivity index (χ0v) is 36.7. The van der Waals surface area contributed by atoms with Crippen LogP contribution >= 0.6 is 15.8 Å². The van der Waals surface area contributed by atoms with Gasteiger partial charge in [0, 0.05) is 21.7 Å². The largest absolute Gasteiger partial charge is 0.453 e. The Kier molecular flexibility index (Phi) is 10.9. The molecule has 62 heavy (non-hydrogen) atoms. The minimum absolute atomic E-state index is 0.0265. The second-order valence-electron chi connectivity index (χ2n) is 15.5. The Morgan fingerprint density at radius 3 is 0.952 bits per heavy atom. The predicted molar refractivity (Wildman–Crippen MR) is 254 cm³/mol. The third-order valence-electron chi connectivity index (χ3n) is 11.0. The van der Waals surface area contributed by atoms with Crippen LogP contribution in [0.2, 0.25) is 0 Å². The topological polar surface area (TPSA) is 55.4 Å². The Hall–Kier alpha value is -6.58. The molecular formula is C54H44O6P2. The van der Waals surface area contributed by atoms with Crippen molar-refractivity contribution in [2.24, 2.45) is 0 Å². The summed E-state index contributed by atoms with van der Waals surface area (Å²) in [7, 11) is -2.50. The molecule has 0 amide bonds. The van der Waals surface area contributed by atoms with E-state index in [1.165, 1.54) is 43.5 Å². The fourth-order valence-electron chi connectivity index (χ4n) is 7.90. The summed E-state index contributed by atoms with van der Waals surface area (Å²) < 4.78 is 39.8. The molecule has 0 radical (unpaired) electrons. The third-order valence-corrected chi connectivity index (χ3v) is 15.9. The van der Waals surface area contributed by atoms with Crippen LogP contribution < -0.4 is 60.2 Å². The van der Waals surface area contributed by atoms with Gasteiger partial charge in [0.1, 0.15) is 11.5 Å². The first kappa shape index (κ1) is 39.5. The van der Waals surface area contributed by atoms with Gasteiger partial charge in [0.05, 0.1) is 0 Å². The lowest BCUT2D eigenvalue weighted by molar-refractivity contribution is 0.171. The molecule has 0 saturated carbocycles. The van der Waals surface area contributed by atoms with E-state index >= 15 is 0 Å². The van der Waals surface area contributed by atoms with Crippen LogP contribution in [0.3, 0.4) is 0 Å². The second kappa shape index (κ2) is 17.1. The van der Waals surface area contributed by atoms with Gasteiger partial charge in [0.25, 0.3) is 0 Å². The minimum atomic E-state index is -1.25. The highest BCUT2D eigenvalue weighted by atomic mass is 31.1. The molecule has 6 nitrogen and oxygen atoms in total. The van der Waals surface area contributed by atoms with E-state index in [0.717, 1.165) is 21.7 Å². The SMILES string of the molecule is Cc1ccc(P(c2ccc(C)cc2)c2cc(Oc3ccccc3)c3c(c2-c2c(P(c4ccc(C)cc4)c4ccc(C)cc4)cc(Oc4ccccc4)c4c2OCO4)OCO3)cc1. The van der Waals surface area contributed by atoms with Crippen molar-refractivity contribution in [3.63, 3.8) is 0 Å². The van der Waals surface area contributed by atoms with Gasteiger partial charge < -0.3 is 28.4 Å². The number of ether oxygens (including phenoxy) is 6. The average Bonchev–Trinajstić information content (AvgIpc) is 4.00. The maximum Gasteiger partial charge on any atom is 0.231 e. The number of benzene rings is 8. The molecular weight excluding hydrogens is 807 g/mol. The summed E-state index contributed by atoms with van der Waals surface area (Å²) >= 11 is 0. The van der Waals surface area contributed by atoms with E-state index in [4.69, 9.17) is 28.4 Å². The highest BCUT2D eigenvalue weighted by Crippen LogP contribution is 2.58. The molecule has 10 rings (SSSR count). The quantitative estimate of drug-likeness (QED) is 0.121.